The van der Waals surface area contributed by atoms with Gasteiger partial charge in [-0.2, -0.15) is 0 Å². The van der Waals surface area contributed by atoms with E-state index in [4.69, 9.17) is 28.9 Å². The lowest BCUT2D eigenvalue weighted by Crippen LogP contribution is -2.42. The second-order valence-electron chi connectivity index (χ2n) is 5.69. The third-order valence-corrected chi connectivity index (χ3v) is 5.32. The lowest BCUT2D eigenvalue weighted by Gasteiger charge is -2.15. The van der Waals surface area contributed by atoms with Gasteiger partial charge in [0.05, 0.1) is 17.1 Å². The zero-order chi connectivity index (χ0) is 16.4. The molecule has 3 rings (SSSR count). The summed E-state index contributed by atoms with van der Waals surface area (Å²) in [5, 5.41) is 6.81. The molecule has 1 fully saturated rings. The Balaban J connectivity index is 1.65. The molecule has 0 radical (unpaired) electrons. The maximum atomic E-state index is 12.1. The number of aromatic nitrogens is 1. The minimum Gasteiger partial charge on any atom is -0.351 e. The van der Waals surface area contributed by atoms with Gasteiger partial charge in [0.25, 0.3) is 0 Å². The van der Waals surface area contributed by atoms with E-state index in [-0.39, 0.29) is 18.4 Å². The molecule has 122 valence electrons. The number of carbonyl (C=O) groups is 1. The number of nitrogens with two attached hydrogens (primary N) is 1. The van der Waals surface area contributed by atoms with Crippen molar-refractivity contribution in [3.63, 3.8) is 0 Å². The Morgan fingerprint density at radius 2 is 2.22 bits per heavy atom. The summed E-state index contributed by atoms with van der Waals surface area (Å²) in [4.78, 5) is 16.6. The number of amides is 1. The molecule has 1 saturated carbocycles. The van der Waals surface area contributed by atoms with Crippen LogP contribution in [0.1, 0.15) is 18.5 Å². The second-order valence-corrected chi connectivity index (χ2v) is 7.39. The van der Waals surface area contributed by atoms with Gasteiger partial charge in [-0.1, -0.05) is 23.2 Å². The number of halogens is 2. The molecule has 0 saturated heterocycles. The van der Waals surface area contributed by atoms with Crippen molar-refractivity contribution < 1.29 is 4.79 Å². The standard InChI is InChI=1S/C16H17Cl2N3OS/c17-10-3-4-12(13(18)5-10)16-20-11(8-23-16)6-15(22)21-14(7-19)9-1-2-9/h3-5,8-9,14H,1-2,6-7,19H2,(H,21,22). The van der Waals surface area contributed by atoms with Crippen molar-refractivity contribution in [3.05, 3.63) is 39.3 Å². The summed E-state index contributed by atoms with van der Waals surface area (Å²) in [5.41, 5.74) is 7.27. The van der Waals surface area contributed by atoms with Crippen molar-refractivity contribution in [2.24, 2.45) is 11.7 Å². The van der Waals surface area contributed by atoms with Crippen molar-refractivity contribution >= 4 is 40.4 Å². The number of thiazole rings is 1. The predicted octanol–water partition coefficient (Wildman–Crippen LogP) is 3.51. The van der Waals surface area contributed by atoms with Gasteiger partial charge in [-0.15, -0.1) is 11.3 Å². The monoisotopic (exact) mass is 369 g/mol. The second kappa shape index (κ2) is 7.18. The molecule has 3 N–H and O–H groups in total. The largest absolute Gasteiger partial charge is 0.351 e. The highest BCUT2D eigenvalue weighted by Gasteiger charge is 2.31. The van der Waals surface area contributed by atoms with Gasteiger partial charge >= 0.3 is 0 Å². The smallest absolute Gasteiger partial charge is 0.226 e. The first-order valence-corrected chi connectivity index (χ1v) is 9.09. The molecule has 1 aliphatic carbocycles. The van der Waals surface area contributed by atoms with E-state index in [1.807, 2.05) is 11.4 Å². The van der Waals surface area contributed by atoms with Crippen molar-refractivity contribution in [3.8, 4) is 10.6 Å². The van der Waals surface area contributed by atoms with E-state index in [2.05, 4.69) is 10.3 Å². The molecular weight excluding hydrogens is 353 g/mol. The number of nitrogens with zero attached hydrogens (tertiary/aromatic N) is 1. The summed E-state index contributed by atoms with van der Waals surface area (Å²) in [7, 11) is 0. The molecule has 1 heterocycles. The molecule has 1 aromatic heterocycles. The van der Waals surface area contributed by atoms with Crippen molar-refractivity contribution in [2.45, 2.75) is 25.3 Å². The van der Waals surface area contributed by atoms with Crippen LogP contribution in [-0.2, 0) is 11.2 Å². The van der Waals surface area contributed by atoms with Gasteiger partial charge in [-0.3, -0.25) is 4.79 Å². The molecule has 0 aliphatic heterocycles. The van der Waals surface area contributed by atoms with E-state index in [9.17, 15) is 4.79 Å². The Morgan fingerprint density at radius 3 is 2.87 bits per heavy atom. The SMILES string of the molecule is NCC(NC(=O)Cc1csc(-c2ccc(Cl)cc2Cl)n1)C1CC1. The molecule has 0 spiro atoms. The molecule has 2 aromatic rings. The fraction of sp³-hybridized carbons (Fsp3) is 0.375. The maximum Gasteiger partial charge on any atom is 0.226 e. The fourth-order valence-corrected chi connectivity index (χ4v) is 3.88. The molecule has 7 heteroatoms. The van der Waals surface area contributed by atoms with Crippen molar-refractivity contribution in [1.29, 1.82) is 0 Å². The Hall–Kier alpha value is -1.14. The molecule has 1 unspecified atom stereocenters. The highest BCUT2D eigenvalue weighted by molar-refractivity contribution is 7.13. The van der Waals surface area contributed by atoms with Gasteiger partial charge < -0.3 is 11.1 Å². The Labute approximate surface area is 149 Å². The molecule has 1 amide bonds. The molecule has 1 atom stereocenters. The van der Waals surface area contributed by atoms with Crippen LogP contribution < -0.4 is 11.1 Å². The predicted molar refractivity (Wildman–Crippen MR) is 95.0 cm³/mol. The van der Waals surface area contributed by atoms with Crippen LogP contribution in [0.25, 0.3) is 10.6 Å². The zero-order valence-electron chi connectivity index (χ0n) is 12.4. The topological polar surface area (TPSA) is 68.0 Å². The zero-order valence-corrected chi connectivity index (χ0v) is 14.7. The highest BCUT2D eigenvalue weighted by atomic mass is 35.5. The van der Waals surface area contributed by atoms with Gasteiger partial charge in [-0.05, 0) is 37.0 Å². The Bertz CT molecular complexity index is 715. The van der Waals surface area contributed by atoms with Crippen LogP contribution >= 0.6 is 34.5 Å². The first-order valence-electron chi connectivity index (χ1n) is 7.46. The minimum absolute atomic E-state index is 0.0357. The van der Waals surface area contributed by atoms with E-state index in [1.165, 1.54) is 11.3 Å². The van der Waals surface area contributed by atoms with Gasteiger partial charge in [0.2, 0.25) is 5.91 Å². The van der Waals surface area contributed by atoms with E-state index >= 15 is 0 Å². The normalized spacial score (nSPS) is 15.4. The van der Waals surface area contributed by atoms with E-state index in [0.29, 0.717) is 22.5 Å². The summed E-state index contributed by atoms with van der Waals surface area (Å²) >= 11 is 13.6. The van der Waals surface area contributed by atoms with Gasteiger partial charge in [-0.25, -0.2) is 4.98 Å². The third-order valence-electron chi connectivity index (χ3n) is 3.85. The van der Waals surface area contributed by atoms with Crippen LogP contribution in [0.15, 0.2) is 23.6 Å². The number of hydrogen-bond acceptors (Lipinski definition) is 4. The summed E-state index contributed by atoms with van der Waals surface area (Å²) < 4.78 is 0. The van der Waals surface area contributed by atoms with Crippen LogP contribution in [0, 0.1) is 5.92 Å². The number of rotatable bonds is 6. The minimum atomic E-state index is -0.0357. The first-order chi connectivity index (χ1) is 11.1. The van der Waals surface area contributed by atoms with Crippen LogP contribution in [0.2, 0.25) is 10.0 Å². The molecule has 0 bridgehead atoms. The molecule has 4 nitrogen and oxygen atoms in total. The van der Waals surface area contributed by atoms with Crippen molar-refractivity contribution in [2.75, 3.05) is 6.54 Å². The average molecular weight is 370 g/mol. The Kier molecular flexibility index (Phi) is 5.21. The summed E-state index contributed by atoms with van der Waals surface area (Å²) in [6.07, 6.45) is 2.56. The lowest BCUT2D eigenvalue weighted by molar-refractivity contribution is -0.121. The van der Waals surface area contributed by atoms with Gasteiger partial charge in [0.1, 0.15) is 5.01 Å². The summed E-state index contributed by atoms with van der Waals surface area (Å²) in [5.74, 6) is 0.509. The number of benzene rings is 1. The van der Waals surface area contributed by atoms with Crippen LogP contribution in [-0.4, -0.2) is 23.5 Å². The fourth-order valence-electron chi connectivity index (χ4n) is 2.46. The number of carbonyl (C=O) groups excluding carboxylic acids is 1. The van der Waals surface area contributed by atoms with Gasteiger partial charge in [0, 0.05) is 28.6 Å². The summed E-state index contributed by atoms with van der Waals surface area (Å²) in [6.45, 7) is 0.485. The van der Waals surface area contributed by atoms with E-state index < -0.39 is 0 Å². The first kappa shape index (κ1) is 16.7. The third kappa shape index (κ3) is 4.23. The lowest BCUT2D eigenvalue weighted by atomic mass is 10.2. The van der Waals surface area contributed by atoms with Crippen molar-refractivity contribution in [1.82, 2.24) is 10.3 Å². The number of hydrogen-bond donors (Lipinski definition) is 2. The van der Waals surface area contributed by atoms with Crippen LogP contribution in [0.3, 0.4) is 0 Å². The maximum absolute atomic E-state index is 12.1. The Morgan fingerprint density at radius 1 is 1.43 bits per heavy atom. The highest BCUT2D eigenvalue weighted by Crippen LogP contribution is 2.33. The quantitative estimate of drug-likeness (QED) is 0.818. The van der Waals surface area contributed by atoms with Crippen LogP contribution in [0.5, 0.6) is 0 Å². The molecular formula is C16H17Cl2N3OS. The average Bonchev–Trinajstić information content (AvgIpc) is 3.25. The van der Waals surface area contributed by atoms with E-state index in [1.54, 1.807) is 12.1 Å². The molecule has 23 heavy (non-hydrogen) atoms. The summed E-state index contributed by atoms with van der Waals surface area (Å²) in [6, 6.07) is 5.39. The molecule has 1 aromatic carbocycles. The number of nitrogens with one attached hydrogen (secondary N) is 1. The molecule has 1 aliphatic rings. The van der Waals surface area contributed by atoms with Crippen LogP contribution in [0.4, 0.5) is 0 Å². The van der Waals surface area contributed by atoms with Gasteiger partial charge in [0.15, 0.2) is 0 Å². The van der Waals surface area contributed by atoms with E-state index in [0.717, 1.165) is 29.1 Å².